The Bertz CT molecular complexity index is 401. The van der Waals surface area contributed by atoms with Gasteiger partial charge in [-0.3, -0.25) is 4.79 Å². The van der Waals surface area contributed by atoms with Gasteiger partial charge in [-0.05, 0) is 25.0 Å². The first kappa shape index (κ1) is 11.3. The lowest BCUT2D eigenvalue weighted by Gasteiger charge is -2.06. The van der Waals surface area contributed by atoms with Crippen molar-refractivity contribution in [2.75, 3.05) is 5.73 Å². The van der Waals surface area contributed by atoms with E-state index in [-0.39, 0.29) is 5.78 Å². The van der Waals surface area contributed by atoms with Crippen LogP contribution in [0.2, 0.25) is 0 Å². The fourth-order valence-corrected chi connectivity index (χ4v) is 1.44. The molecule has 2 heteroatoms. The number of benzene rings is 1. The molecule has 1 aromatic rings. The maximum atomic E-state index is 11.8. The molecule has 2 nitrogen and oxygen atoms in total. The Morgan fingerprint density at radius 3 is 2.93 bits per heavy atom. The standard InChI is InChI=1S/C13H15NO/c1-3-4-5-9-13(15)11-7-6-8-12(14)10(11)2/h1,6-8H,4-5,9,14H2,2H3. The fraction of sp³-hybridized carbons (Fsp3) is 0.308. The zero-order chi connectivity index (χ0) is 11.3. The number of hydrogen-bond donors (Lipinski definition) is 1. The zero-order valence-electron chi connectivity index (χ0n) is 8.92. The number of unbranched alkanes of at least 4 members (excludes halogenated alkanes) is 1. The topological polar surface area (TPSA) is 43.1 Å². The molecule has 0 fully saturated rings. The number of nitrogens with two attached hydrogens (primary N) is 1. The molecule has 0 atom stereocenters. The number of nitrogen functional groups attached to an aromatic ring is 1. The molecule has 0 amide bonds. The Morgan fingerprint density at radius 1 is 1.53 bits per heavy atom. The van der Waals surface area contributed by atoms with Crippen molar-refractivity contribution in [1.82, 2.24) is 0 Å². The highest BCUT2D eigenvalue weighted by atomic mass is 16.1. The first-order valence-corrected chi connectivity index (χ1v) is 4.98. The highest BCUT2D eigenvalue weighted by Crippen LogP contribution is 2.17. The van der Waals surface area contributed by atoms with Crippen LogP contribution < -0.4 is 5.73 Å². The van der Waals surface area contributed by atoms with Gasteiger partial charge in [-0.2, -0.15) is 0 Å². The van der Waals surface area contributed by atoms with E-state index in [1.807, 2.05) is 13.0 Å². The summed E-state index contributed by atoms with van der Waals surface area (Å²) in [6.45, 7) is 1.86. The largest absolute Gasteiger partial charge is 0.398 e. The van der Waals surface area contributed by atoms with Gasteiger partial charge in [0.15, 0.2) is 5.78 Å². The number of carbonyl (C=O) groups is 1. The number of ketones is 1. The maximum Gasteiger partial charge on any atom is 0.163 e. The lowest BCUT2D eigenvalue weighted by atomic mass is 10.00. The van der Waals surface area contributed by atoms with Gasteiger partial charge in [0.25, 0.3) is 0 Å². The third-order valence-electron chi connectivity index (χ3n) is 2.40. The average molecular weight is 201 g/mol. The number of Topliss-reactive ketones (excluding diaryl/α,β-unsaturated/α-hetero) is 1. The van der Waals surface area contributed by atoms with Gasteiger partial charge in [0.1, 0.15) is 0 Å². The quantitative estimate of drug-likeness (QED) is 0.352. The Labute approximate surface area is 90.5 Å². The SMILES string of the molecule is C#CCCCC(=O)c1cccc(N)c1C. The third-order valence-corrected chi connectivity index (χ3v) is 2.40. The molecule has 0 bridgehead atoms. The van der Waals surface area contributed by atoms with Crippen LogP contribution in [0.3, 0.4) is 0 Å². The number of anilines is 1. The number of hydrogen-bond acceptors (Lipinski definition) is 2. The summed E-state index contributed by atoms with van der Waals surface area (Å²) in [5.41, 5.74) is 7.97. The minimum absolute atomic E-state index is 0.120. The van der Waals surface area contributed by atoms with E-state index in [0.717, 1.165) is 12.0 Å². The molecule has 1 rings (SSSR count). The van der Waals surface area contributed by atoms with Gasteiger partial charge in [-0.1, -0.05) is 12.1 Å². The minimum Gasteiger partial charge on any atom is -0.398 e. The predicted octanol–water partition coefficient (Wildman–Crippen LogP) is 2.56. The van der Waals surface area contributed by atoms with E-state index in [0.29, 0.717) is 24.1 Å². The molecule has 0 spiro atoms. The fourth-order valence-electron chi connectivity index (χ4n) is 1.44. The van der Waals surface area contributed by atoms with Gasteiger partial charge >= 0.3 is 0 Å². The van der Waals surface area contributed by atoms with Crippen LogP contribution in [0.5, 0.6) is 0 Å². The smallest absolute Gasteiger partial charge is 0.163 e. The number of carbonyl (C=O) groups excluding carboxylic acids is 1. The molecular weight excluding hydrogens is 186 g/mol. The molecule has 0 unspecified atom stereocenters. The van der Waals surface area contributed by atoms with E-state index in [4.69, 9.17) is 12.2 Å². The molecule has 0 aliphatic carbocycles. The van der Waals surface area contributed by atoms with Crippen molar-refractivity contribution < 1.29 is 4.79 Å². The number of rotatable bonds is 4. The molecule has 0 saturated carbocycles. The summed E-state index contributed by atoms with van der Waals surface area (Å²) in [5.74, 6) is 2.64. The molecule has 0 aromatic heterocycles. The van der Waals surface area contributed by atoms with Crippen LogP contribution in [0.1, 0.15) is 35.2 Å². The monoisotopic (exact) mass is 201 g/mol. The highest BCUT2D eigenvalue weighted by molar-refractivity contribution is 5.98. The first-order chi connectivity index (χ1) is 7.16. The maximum absolute atomic E-state index is 11.8. The van der Waals surface area contributed by atoms with Crippen LogP contribution in [0.4, 0.5) is 5.69 Å². The second-order valence-corrected chi connectivity index (χ2v) is 3.50. The van der Waals surface area contributed by atoms with Gasteiger partial charge in [-0.25, -0.2) is 0 Å². The number of terminal acetylenes is 1. The molecule has 15 heavy (non-hydrogen) atoms. The molecule has 0 radical (unpaired) electrons. The molecule has 78 valence electrons. The van der Waals surface area contributed by atoms with Crippen LogP contribution in [0, 0.1) is 19.3 Å². The molecule has 0 aliphatic rings. The third kappa shape index (κ3) is 2.85. The summed E-state index contributed by atoms with van der Waals surface area (Å²) in [6, 6.07) is 5.41. The van der Waals surface area contributed by atoms with Crippen molar-refractivity contribution in [2.45, 2.75) is 26.2 Å². The first-order valence-electron chi connectivity index (χ1n) is 4.98. The molecule has 0 aliphatic heterocycles. The predicted molar refractivity (Wildman–Crippen MR) is 62.6 cm³/mol. The van der Waals surface area contributed by atoms with E-state index in [1.165, 1.54) is 0 Å². The summed E-state index contributed by atoms with van der Waals surface area (Å²) in [7, 11) is 0. The summed E-state index contributed by atoms with van der Waals surface area (Å²) in [6.07, 6.45) is 7.01. The van der Waals surface area contributed by atoms with Crippen LogP contribution in [0.15, 0.2) is 18.2 Å². The van der Waals surface area contributed by atoms with Crippen molar-refractivity contribution in [3.05, 3.63) is 29.3 Å². The van der Waals surface area contributed by atoms with E-state index in [9.17, 15) is 4.79 Å². The second kappa shape index (κ2) is 5.21. The Hall–Kier alpha value is -1.75. The van der Waals surface area contributed by atoms with Crippen LogP contribution >= 0.6 is 0 Å². The van der Waals surface area contributed by atoms with Crippen molar-refractivity contribution in [1.29, 1.82) is 0 Å². The van der Waals surface area contributed by atoms with Gasteiger partial charge < -0.3 is 5.73 Å². The lowest BCUT2D eigenvalue weighted by molar-refractivity contribution is 0.0980. The van der Waals surface area contributed by atoms with Gasteiger partial charge in [-0.15, -0.1) is 12.3 Å². The van der Waals surface area contributed by atoms with Crippen LogP contribution in [-0.4, -0.2) is 5.78 Å². The van der Waals surface area contributed by atoms with E-state index < -0.39 is 0 Å². The van der Waals surface area contributed by atoms with E-state index in [2.05, 4.69) is 5.92 Å². The van der Waals surface area contributed by atoms with Crippen molar-refractivity contribution in [3.63, 3.8) is 0 Å². The molecule has 0 saturated heterocycles. The highest BCUT2D eigenvalue weighted by Gasteiger charge is 2.09. The van der Waals surface area contributed by atoms with E-state index >= 15 is 0 Å². The molecule has 1 aromatic carbocycles. The molecule has 2 N–H and O–H groups in total. The Morgan fingerprint density at radius 2 is 2.27 bits per heavy atom. The van der Waals surface area contributed by atoms with Gasteiger partial charge in [0, 0.05) is 24.1 Å². The summed E-state index contributed by atoms with van der Waals surface area (Å²) in [4.78, 5) is 11.8. The summed E-state index contributed by atoms with van der Waals surface area (Å²) in [5, 5.41) is 0. The van der Waals surface area contributed by atoms with E-state index in [1.54, 1.807) is 12.1 Å². The Balaban J connectivity index is 2.75. The van der Waals surface area contributed by atoms with Crippen LogP contribution in [0.25, 0.3) is 0 Å². The second-order valence-electron chi connectivity index (χ2n) is 3.50. The normalized spacial score (nSPS) is 9.60. The summed E-state index contributed by atoms with van der Waals surface area (Å²) >= 11 is 0. The van der Waals surface area contributed by atoms with Crippen LogP contribution in [-0.2, 0) is 0 Å². The Kier molecular flexibility index (Phi) is 3.93. The lowest BCUT2D eigenvalue weighted by Crippen LogP contribution is -2.03. The van der Waals surface area contributed by atoms with Crippen molar-refractivity contribution in [2.24, 2.45) is 0 Å². The summed E-state index contributed by atoms with van der Waals surface area (Å²) < 4.78 is 0. The van der Waals surface area contributed by atoms with Crippen molar-refractivity contribution in [3.8, 4) is 12.3 Å². The van der Waals surface area contributed by atoms with Gasteiger partial charge in [0.2, 0.25) is 0 Å². The van der Waals surface area contributed by atoms with Gasteiger partial charge in [0.05, 0.1) is 0 Å². The average Bonchev–Trinajstić information content (AvgIpc) is 2.22. The molecular formula is C13H15NO. The minimum atomic E-state index is 0.120. The van der Waals surface area contributed by atoms with Crippen molar-refractivity contribution >= 4 is 11.5 Å². The zero-order valence-corrected chi connectivity index (χ0v) is 8.92. The molecule has 0 heterocycles.